The lowest BCUT2D eigenvalue weighted by molar-refractivity contribution is 0.0696. The van der Waals surface area contributed by atoms with Crippen molar-refractivity contribution >= 4 is 17.8 Å². The molecule has 0 fully saturated rings. The molecule has 1 aromatic rings. The number of fused-ring (bicyclic) bond motifs is 1. The molecule has 0 saturated carbocycles. The minimum absolute atomic E-state index is 0.0485. The van der Waals surface area contributed by atoms with Crippen LogP contribution in [0.25, 0.3) is 6.08 Å². The van der Waals surface area contributed by atoms with Crippen LogP contribution in [0.3, 0.4) is 0 Å². The van der Waals surface area contributed by atoms with Crippen LogP contribution >= 0.6 is 0 Å². The van der Waals surface area contributed by atoms with Crippen LogP contribution in [0.4, 0.5) is 0 Å². The lowest BCUT2D eigenvalue weighted by Crippen LogP contribution is -2.09. The van der Waals surface area contributed by atoms with Crippen LogP contribution in [0.5, 0.6) is 0 Å². The highest BCUT2D eigenvalue weighted by Crippen LogP contribution is 2.17. The van der Waals surface area contributed by atoms with Crippen LogP contribution in [0.1, 0.15) is 32.8 Å². The maximum atomic E-state index is 11.4. The molecule has 1 aliphatic rings. The van der Waals surface area contributed by atoms with E-state index in [-0.39, 0.29) is 11.3 Å². The van der Waals surface area contributed by atoms with E-state index in [9.17, 15) is 9.59 Å². The van der Waals surface area contributed by atoms with Crippen LogP contribution in [-0.4, -0.2) is 21.8 Å². The summed E-state index contributed by atoms with van der Waals surface area (Å²) in [4.78, 5) is 25.9. The van der Waals surface area contributed by atoms with Crippen molar-refractivity contribution in [1.82, 2.24) is 4.98 Å². The number of Topliss-reactive ketones (excluding diaryl/α,β-unsaturated/α-hetero) is 1. The first-order valence-electron chi connectivity index (χ1n) is 4.11. The number of nitrogens with zero attached hydrogens (tertiary/aromatic N) is 1. The third-order valence-corrected chi connectivity index (χ3v) is 2.04. The zero-order valence-corrected chi connectivity index (χ0v) is 7.23. The summed E-state index contributed by atoms with van der Waals surface area (Å²) in [5, 5.41) is 8.70. The van der Waals surface area contributed by atoms with Gasteiger partial charge in [-0.15, -0.1) is 0 Å². The van der Waals surface area contributed by atoms with Crippen molar-refractivity contribution in [2.24, 2.45) is 0 Å². The second kappa shape index (κ2) is 3.06. The van der Waals surface area contributed by atoms with Crippen LogP contribution in [0.2, 0.25) is 0 Å². The van der Waals surface area contributed by atoms with Crippen molar-refractivity contribution in [3.05, 3.63) is 35.2 Å². The summed E-state index contributed by atoms with van der Waals surface area (Å²) in [6.07, 6.45) is 5.02. The molecule has 4 nitrogen and oxygen atoms in total. The van der Waals surface area contributed by atoms with Crippen molar-refractivity contribution in [2.75, 3.05) is 0 Å². The summed E-state index contributed by atoms with van der Waals surface area (Å²) >= 11 is 0. The first-order chi connectivity index (χ1) is 6.68. The van der Waals surface area contributed by atoms with Crippen molar-refractivity contribution in [3.63, 3.8) is 0 Å². The van der Waals surface area contributed by atoms with Crippen LogP contribution in [0, 0.1) is 0 Å². The Morgan fingerprint density at radius 1 is 1.50 bits per heavy atom. The SMILES string of the molecule is O=C(O)c1cnc2c(c1)C(=O)CC=C2. The number of carbonyl (C=O) groups is 2. The van der Waals surface area contributed by atoms with Gasteiger partial charge in [0.2, 0.25) is 0 Å². The Labute approximate surface area is 79.9 Å². The molecule has 1 N–H and O–H groups in total. The van der Waals surface area contributed by atoms with Gasteiger partial charge in [0.05, 0.1) is 11.3 Å². The standard InChI is InChI=1S/C10H7NO3/c12-9-3-1-2-8-7(9)4-6(5-11-8)10(13)14/h1-2,4-5H,3H2,(H,13,14). The average Bonchev–Trinajstić information content (AvgIpc) is 2.18. The van der Waals surface area contributed by atoms with Crippen molar-refractivity contribution < 1.29 is 14.7 Å². The van der Waals surface area contributed by atoms with Gasteiger partial charge in [0, 0.05) is 18.2 Å². The number of carbonyl (C=O) groups excluding carboxylic acids is 1. The third-order valence-electron chi connectivity index (χ3n) is 2.04. The summed E-state index contributed by atoms with van der Waals surface area (Å²) in [5.74, 6) is -1.15. The van der Waals surface area contributed by atoms with Crippen molar-refractivity contribution in [2.45, 2.75) is 6.42 Å². The van der Waals surface area contributed by atoms with Gasteiger partial charge in [-0.2, -0.15) is 0 Å². The van der Waals surface area contributed by atoms with Crippen LogP contribution in [0.15, 0.2) is 18.3 Å². The van der Waals surface area contributed by atoms with E-state index in [1.807, 2.05) is 0 Å². The Hall–Kier alpha value is -1.97. The minimum Gasteiger partial charge on any atom is -0.478 e. The molecule has 70 valence electrons. The highest BCUT2D eigenvalue weighted by Gasteiger charge is 2.16. The highest BCUT2D eigenvalue weighted by atomic mass is 16.4. The molecule has 0 aromatic carbocycles. The molecule has 2 rings (SSSR count). The Kier molecular flexibility index (Phi) is 1.89. The fourth-order valence-corrected chi connectivity index (χ4v) is 1.34. The molecular weight excluding hydrogens is 182 g/mol. The summed E-state index contributed by atoms with van der Waals surface area (Å²) in [7, 11) is 0. The predicted molar refractivity (Wildman–Crippen MR) is 49.2 cm³/mol. The van der Waals surface area contributed by atoms with E-state index in [0.29, 0.717) is 17.7 Å². The maximum absolute atomic E-state index is 11.4. The number of pyridine rings is 1. The number of aromatic nitrogens is 1. The van der Waals surface area contributed by atoms with E-state index in [1.54, 1.807) is 12.2 Å². The van der Waals surface area contributed by atoms with E-state index in [0.717, 1.165) is 0 Å². The first-order valence-corrected chi connectivity index (χ1v) is 4.11. The van der Waals surface area contributed by atoms with Gasteiger partial charge in [0.1, 0.15) is 0 Å². The molecule has 0 saturated heterocycles. The maximum Gasteiger partial charge on any atom is 0.337 e. The fourth-order valence-electron chi connectivity index (χ4n) is 1.34. The molecule has 0 amide bonds. The number of rotatable bonds is 1. The molecule has 0 aliphatic heterocycles. The highest BCUT2D eigenvalue weighted by molar-refractivity contribution is 6.03. The molecule has 1 heterocycles. The van der Waals surface area contributed by atoms with Gasteiger partial charge in [0.15, 0.2) is 5.78 Å². The largest absolute Gasteiger partial charge is 0.478 e. The van der Waals surface area contributed by atoms with Gasteiger partial charge in [-0.1, -0.05) is 6.08 Å². The first kappa shape index (κ1) is 8.62. The van der Waals surface area contributed by atoms with Gasteiger partial charge in [-0.25, -0.2) is 4.79 Å². The van der Waals surface area contributed by atoms with Gasteiger partial charge in [-0.05, 0) is 12.1 Å². The number of allylic oxidation sites excluding steroid dienone is 1. The molecule has 0 atom stereocenters. The third kappa shape index (κ3) is 1.31. The number of carboxylic acids is 1. The Morgan fingerprint density at radius 3 is 3.00 bits per heavy atom. The topological polar surface area (TPSA) is 67.3 Å². The molecular formula is C10H7NO3. The van der Waals surface area contributed by atoms with E-state index < -0.39 is 5.97 Å². The zero-order chi connectivity index (χ0) is 10.1. The van der Waals surface area contributed by atoms with E-state index in [2.05, 4.69) is 4.98 Å². The Morgan fingerprint density at radius 2 is 2.29 bits per heavy atom. The molecule has 14 heavy (non-hydrogen) atoms. The number of hydrogen-bond donors (Lipinski definition) is 1. The summed E-state index contributed by atoms with van der Waals surface area (Å²) < 4.78 is 0. The smallest absolute Gasteiger partial charge is 0.337 e. The molecule has 0 spiro atoms. The zero-order valence-electron chi connectivity index (χ0n) is 7.23. The number of carboxylic acid groups (broad SMARTS) is 1. The number of ketones is 1. The van der Waals surface area contributed by atoms with Gasteiger partial charge in [-0.3, -0.25) is 9.78 Å². The molecule has 0 radical (unpaired) electrons. The normalized spacial score (nSPS) is 13.9. The van der Waals surface area contributed by atoms with Crippen LogP contribution < -0.4 is 0 Å². The molecule has 1 aromatic heterocycles. The second-order valence-electron chi connectivity index (χ2n) is 2.99. The van der Waals surface area contributed by atoms with Crippen LogP contribution in [-0.2, 0) is 0 Å². The van der Waals surface area contributed by atoms with Crippen molar-refractivity contribution in [3.8, 4) is 0 Å². The Balaban J connectivity index is 2.57. The van der Waals surface area contributed by atoms with Gasteiger partial charge < -0.3 is 5.11 Å². The Bertz CT molecular complexity index is 449. The summed E-state index contributed by atoms with van der Waals surface area (Å²) in [6.45, 7) is 0. The molecule has 4 heteroatoms. The molecule has 1 aliphatic carbocycles. The average molecular weight is 189 g/mol. The van der Waals surface area contributed by atoms with E-state index in [1.165, 1.54) is 12.3 Å². The lowest BCUT2D eigenvalue weighted by atomic mass is 9.99. The lowest BCUT2D eigenvalue weighted by Gasteiger charge is -2.08. The molecule has 0 bridgehead atoms. The summed E-state index contributed by atoms with van der Waals surface area (Å²) in [5.41, 5.74) is 0.992. The molecule has 0 unspecified atom stereocenters. The number of aromatic carboxylic acids is 1. The quantitative estimate of drug-likeness (QED) is 0.724. The predicted octanol–water partition coefficient (Wildman–Crippen LogP) is 1.38. The van der Waals surface area contributed by atoms with Crippen molar-refractivity contribution in [1.29, 1.82) is 0 Å². The van der Waals surface area contributed by atoms with E-state index in [4.69, 9.17) is 5.11 Å². The van der Waals surface area contributed by atoms with Gasteiger partial charge >= 0.3 is 5.97 Å². The summed E-state index contributed by atoms with van der Waals surface area (Å²) in [6, 6.07) is 1.37. The van der Waals surface area contributed by atoms with E-state index >= 15 is 0 Å². The number of hydrogen-bond acceptors (Lipinski definition) is 3. The fraction of sp³-hybridized carbons (Fsp3) is 0.100. The monoisotopic (exact) mass is 189 g/mol. The minimum atomic E-state index is -1.07. The second-order valence-corrected chi connectivity index (χ2v) is 2.99. The van der Waals surface area contributed by atoms with Gasteiger partial charge in [0.25, 0.3) is 0 Å².